The fourth-order valence-electron chi connectivity index (χ4n) is 3.34. The van der Waals surface area contributed by atoms with Gasteiger partial charge in [-0.05, 0) is 53.6 Å². The second-order valence-corrected chi connectivity index (χ2v) is 7.58. The van der Waals surface area contributed by atoms with Crippen molar-refractivity contribution in [3.05, 3.63) is 77.9 Å². The van der Waals surface area contributed by atoms with Gasteiger partial charge >= 0.3 is 5.97 Å². The van der Waals surface area contributed by atoms with Gasteiger partial charge in [0, 0.05) is 6.08 Å². The van der Waals surface area contributed by atoms with Crippen LogP contribution in [0.4, 0.5) is 0 Å². The topological polar surface area (TPSA) is 124 Å². The lowest BCUT2D eigenvalue weighted by molar-refractivity contribution is -0.142. The predicted octanol–water partition coefficient (Wildman–Crippen LogP) is 3.86. The standard InChI is InChI=1S/C27H28O9/c1-32-21-6-4-5-7-22(21)36-25(27(31)18-10-12-20(29)24(15-18)34-3)16-35-26(30)13-9-17-8-11-19(28)23(14-17)33-2/h4-15,25,27-29,31H,16H2,1-3H3/b13-9+/t25-,27-/m1/s1. The maximum atomic E-state index is 12.4. The van der Waals surface area contributed by atoms with Gasteiger partial charge in [0.1, 0.15) is 12.7 Å². The molecule has 3 aromatic rings. The monoisotopic (exact) mass is 496 g/mol. The fraction of sp³-hybridized carbons (Fsp3) is 0.222. The second-order valence-electron chi connectivity index (χ2n) is 7.58. The minimum atomic E-state index is -1.25. The Kier molecular flexibility index (Phi) is 9.01. The van der Waals surface area contributed by atoms with Crippen LogP contribution in [0.5, 0.6) is 34.5 Å². The van der Waals surface area contributed by atoms with Crippen molar-refractivity contribution < 1.29 is 43.8 Å². The highest BCUT2D eigenvalue weighted by Crippen LogP contribution is 2.33. The number of phenols is 2. The Balaban J connectivity index is 1.78. The number of carbonyl (C=O) groups is 1. The largest absolute Gasteiger partial charge is 0.504 e. The minimum Gasteiger partial charge on any atom is -0.504 e. The van der Waals surface area contributed by atoms with Gasteiger partial charge in [0.05, 0.1) is 21.3 Å². The summed E-state index contributed by atoms with van der Waals surface area (Å²) in [7, 11) is 4.31. The Morgan fingerprint density at radius 2 is 1.44 bits per heavy atom. The summed E-state index contributed by atoms with van der Waals surface area (Å²) in [6.07, 6.45) is 0.438. The maximum absolute atomic E-state index is 12.4. The highest BCUT2D eigenvalue weighted by Gasteiger charge is 2.26. The number of benzene rings is 3. The second kappa shape index (κ2) is 12.4. The Hall–Kier alpha value is -4.37. The molecule has 3 aromatic carbocycles. The quantitative estimate of drug-likeness (QED) is 0.268. The highest BCUT2D eigenvalue weighted by molar-refractivity contribution is 5.87. The number of aliphatic hydroxyl groups excluding tert-OH is 1. The maximum Gasteiger partial charge on any atom is 0.330 e. The lowest BCUT2D eigenvalue weighted by Gasteiger charge is -2.25. The number of ether oxygens (including phenoxy) is 5. The van der Waals surface area contributed by atoms with E-state index in [4.69, 9.17) is 23.7 Å². The summed E-state index contributed by atoms with van der Waals surface area (Å²) >= 11 is 0. The van der Waals surface area contributed by atoms with E-state index in [1.807, 2.05) is 0 Å². The molecule has 0 spiro atoms. The molecule has 190 valence electrons. The lowest BCUT2D eigenvalue weighted by Crippen LogP contribution is -2.31. The van der Waals surface area contributed by atoms with Crippen molar-refractivity contribution in [3.8, 4) is 34.5 Å². The molecular formula is C27H28O9. The van der Waals surface area contributed by atoms with E-state index >= 15 is 0 Å². The molecule has 0 aliphatic rings. The molecule has 3 rings (SSSR count). The van der Waals surface area contributed by atoms with Crippen molar-refractivity contribution >= 4 is 12.0 Å². The number of para-hydroxylation sites is 2. The third kappa shape index (κ3) is 6.61. The number of rotatable bonds is 11. The smallest absolute Gasteiger partial charge is 0.330 e. The number of aromatic hydroxyl groups is 2. The Morgan fingerprint density at radius 1 is 0.833 bits per heavy atom. The van der Waals surface area contributed by atoms with Crippen molar-refractivity contribution in [3.63, 3.8) is 0 Å². The summed E-state index contributed by atoms with van der Waals surface area (Å²) in [5.74, 6) is 0.441. The van der Waals surface area contributed by atoms with Gasteiger partial charge in [-0.2, -0.15) is 0 Å². The van der Waals surface area contributed by atoms with E-state index < -0.39 is 18.2 Å². The summed E-state index contributed by atoms with van der Waals surface area (Å²) in [5.41, 5.74) is 0.993. The molecule has 0 heterocycles. The van der Waals surface area contributed by atoms with Crippen molar-refractivity contribution in [1.82, 2.24) is 0 Å². The Bertz CT molecular complexity index is 1210. The van der Waals surface area contributed by atoms with Crippen molar-refractivity contribution in [2.24, 2.45) is 0 Å². The van der Waals surface area contributed by atoms with Gasteiger partial charge in [-0.25, -0.2) is 4.79 Å². The van der Waals surface area contributed by atoms with E-state index in [1.54, 1.807) is 36.4 Å². The lowest BCUT2D eigenvalue weighted by atomic mass is 10.0. The van der Waals surface area contributed by atoms with Gasteiger partial charge in [-0.15, -0.1) is 0 Å². The molecule has 0 saturated heterocycles. The van der Waals surface area contributed by atoms with E-state index in [1.165, 1.54) is 57.7 Å². The van der Waals surface area contributed by atoms with Crippen molar-refractivity contribution in [2.45, 2.75) is 12.2 Å². The first-order valence-electron chi connectivity index (χ1n) is 10.9. The third-order valence-electron chi connectivity index (χ3n) is 5.25. The van der Waals surface area contributed by atoms with Gasteiger partial charge in [0.25, 0.3) is 0 Å². The van der Waals surface area contributed by atoms with E-state index in [0.717, 1.165) is 0 Å². The highest BCUT2D eigenvalue weighted by atomic mass is 16.6. The van der Waals surface area contributed by atoms with Gasteiger partial charge in [0.15, 0.2) is 40.6 Å². The first kappa shape index (κ1) is 26.2. The van der Waals surface area contributed by atoms with Crippen LogP contribution < -0.4 is 18.9 Å². The van der Waals surface area contributed by atoms with E-state index in [0.29, 0.717) is 22.6 Å². The molecule has 0 amide bonds. The van der Waals surface area contributed by atoms with Gasteiger partial charge in [-0.3, -0.25) is 0 Å². The van der Waals surface area contributed by atoms with Crippen LogP contribution in [0.2, 0.25) is 0 Å². The molecule has 0 unspecified atom stereocenters. The predicted molar refractivity (Wildman–Crippen MR) is 132 cm³/mol. The first-order valence-corrected chi connectivity index (χ1v) is 10.9. The molecular weight excluding hydrogens is 468 g/mol. The first-order chi connectivity index (χ1) is 17.4. The van der Waals surface area contributed by atoms with Crippen LogP contribution in [0.15, 0.2) is 66.7 Å². The third-order valence-corrected chi connectivity index (χ3v) is 5.25. The number of methoxy groups -OCH3 is 3. The Morgan fingerprint density at radius 3 is 2.11 bits per heavy atom. The summed E-state index contributed by atoms with van der Waals surface area (Å²) in [4.78, 5) is 12.4. The molecule has 0 aliphatic carbocycles. The number of hydrogen-bond acceptors (Lipinski definition) is 9. The number of hydrogen-bond donors (Lipinski definition) is 3. The molecule has 0 saturated carbocycles. The number of phenolic OH excluding ortho intramolecular Hbond substituents is 2. The summed E-state index contributed by atoms with van der Waals surface area (Å²) in [5, 5.41) is 30.7. The average molecular weight is 497 g/mol. The normalized spacial score (nSPS) is 12.6. The van der Waals surface area contributed by atoms with Crippen LogP contribution >= 0.6 is 0 Å². The van der Waals surface area contributed by atoms with Crippen molar-refractivity contribution in [2.75, 3.05) is 27.9 Å². The van der Waals surface area contributed by atoms with Crippen LogP contribution in [0.1, 0.15) is 17.2 Å². The van der Waals surface area contributed by atoms with Crippen LogP contribution in [-0.2, 0) is 9.53 Å². The van der Waals surface area contributed by atoms with Gasteiger partial charge < -0.3 is 39.0 Å². The average Bonchev–Trinajstić information content (AvgIpc) is 2.90. The van der Waals surface area contributed by atoms with Gasteiger partial charge in [-0.1, -0.05) is 24.3 Å². The SMILES string of the molecule is COc1cc(/C=C/C(=O)OC[C@@H](Oc2ccccc2OC)[C@H](O)c2ccc(O)c(OC)c2)ccc1O. The number of carbonyl (C=O) groups excluding carboxylic acids is 1. The summed E-state index contributed by atoms with van der Waals surface area (Å²) in [6.45, 7) is -0.301. The molecule has 9 nitrogen and oxygen atoms in total. The minimum absolute atomic E-state index is 0.0200. The molecule has 9 heteroatoms. The van der Waals surface area contributed by atoms with E-state index in [9.17, 15) is 20.1 Å². The zero-order valence-electron chi connectivity index (χ0n) is 20.1. The van der Waals surface area contributed by atoms with Crippen LogP contribution in [0.25, 0.3) is 6.08 Å². The molecule has 2 atom stereocenters. The number of aliphatic hydroxyl groups is 1. The van der Waals surface area contributed by atoms with Gasteiger partial charge in [0.2, 0.25) is 0 Å². The zero-order chi connectivity index (χ0) is 26.1. The molecule has 0 radical (unpaired) electrons. The fourth-order valence-corrected chi connectivity index (χ4v) is 3.34. The van der Waals surface area contributed by atoms with Crippen molar-refractivity contribution in [1.29, 1.82) is 0 Å². The Labute approximate surface area is 208 Å². The molecule has 0 aromatic heterocycles. The molecule has 0 fully saturated rings. The number of esters is 1. The van der Waals surface area contributed by atoms with Crippen LogP contribution in [0.3, 0.4) is 0 Å². The van der Waals surface area contributed by atoms with E-state index in [2.05, 4.69) is 0 Å². The van der Waals surface area contributed by atoms with Crippen LogP contribution in [-0.4, -0.2) is 55.3 Å². The molecule has 36 heavy (non-hydrogen) atoms. The molecule has 0 aliphatic heterocycles. The molecule has 3 N–H and O–H groups in total. The van der Waals surface area contributed by atoms with Crippen LogP contribution in [0, 0.1) is 0 Å². The zero-order valence-corrected chi connectivity index (χ0v) is 20.1. The molecule has 0 bridgehead atoms. The van der Waals surface area contributed by atoms with E-state index in [-0.39, 0.29) is 29.6 Å². The summed E-state index contributed by atoms with van der Waals surface area (Å²) < 4.78 is 26.9. The summed E-state index contributed by atoms with van der Waals surface area (Å²) in [6, 6.07) is 15.9.